The molecule has 0 radical (unpaired) electrons. The summed E-state index contributed by atoms with van der Waals surface area (Å²) in [5.74, 6) is -0.305. The summed E-state index contributed by atoms with van der Waals surface area (Å²) in [6.45, 7) is 0.865. The van der Waals surface area contributed by atoms with Crippen LogP contribution in [0.15, 0.2) is 53.4 Å². The summed E-state index contributed by atoms with van der Waals surface area (Å²) >= 11 is 0. The number of nitrogens with zero attached hydrogens (tertiary/aromatic N) is 1. The lowest BCUT2D eigenvalue weighted by Gasteiger charge is -2.25. The van der Waals surface area contributed by atoms with Gasteiger partial charge in [-0.3, -0.25) is 4.79 Å². The van der Waals surface area contributed by atoms with Crippen LogP contribution in [0.1, 0.15) is 30.4 Å². The van der Waals surface area contributed by atoms with Crippen molar-refractivity contribution < 1.29 is 31.1 Å². The van der Waals surface area contributed by atoms with E-state index in [1.807, 2.05) is 0 Å². The number of piperidine rings is 1. The number of rotatable bonds is 7. The van der Waals surface area contributed by atoms with Gasteiger partial charge in [0.05, 0.1) is 10.5 Å². The van der Waals surface area contributed by atoms with Gasteiger partial charge in [0.15, 0.2) is 6.61 Å². The van der Waals surface area contributed by atoms with Crippen molar-refractivity contribution in [3.8, 4) is 5.75 Å². The van der Waals surface area contributed by atoms with E-state index in [1.165, 1.54) is 16.4 Å². The molecule has 0 atom stereocenters. The molecular formula is C21H23F3N2O4S. The average Bonchev–Trinajstić information content (AvgIpc) is 2.77. The van der Waals surface area contributed by atoms with Gasteiger partial charge in [-0.15, -0.1) is 0 Å². The molecule has 10 heteroatoms. The zero-order valence-corrected chi connectivity index (χ0v) is 17.5. The minimum Gasteiger partial charge on any atom is -0.484 e. The first-order valence-electron chi connectivity index (χ1n) is 9.82. The maximum absolute atomic E-state index is 12.6. The first-order valence-corrected chi connectivity index (χ1v) is 11.3. The van der Waals surface area contributed by atoms with E-state index in [4.69, 9.17) is 4.74 Å². The summed E-state index contributed by atoms with van der Waals surface area (Å²) < 4.78 is 69.6. The highest BCUT2D eigenvalue weighted by atomic mass is 32.2. The van der Waals surface area contributed by atoms with E-state index in [1.54, 1.807) is 12.1 Å². The van der Waals surface area contributed by atoms with E-state index in [2.05, 4.69) is 5.32 Å². The third kappa shape index (κ3) is 6.20. The van der Waals surface area contributed by atoms with Crippen molar-refractivity contribution in [2.45, 2.75) is 36.9 Å². The second kappa shape index (κ2) is 9.69. The van der Waals surface area contributed by atoms with Crippen molar-refractivity contribution in [2.75, 3.05) is 19.7 Å². The lowest BCUT2D eigenvalue weighted by molar-refractivity contribution is -0.137. The molecule has 0 saturated carbocycles. The van der Waals surface area contributed by atoms with Gasteiger partial charge in [0.2, 0.25) is 10.0 Å². The minimum atomic E-state index is -4.43. The van der Waals surface area contributed by atoms with E-state index < -0.39 is 27.7 Å². The predicted octanol–water partition coefficient (Wildman–Crippen LogP) is 3.58. The van der Waals surface area contributed by atoms with E-state index in [0.29, 0.717) is 18.7 Å². The van der Waals surface area contributed by atoms with Crippen molar-refractivity contribution in [1.82, 2.24) is 9.62 Å². The largest absolute Gasteiger partial charge is 0.484 e. The first kappa shape index (κ1) is 23.1. The standard InChI is InChI=1S/C21H23F3N2O4S/c22-21(23,24)17-6-8-18(9-7-17)30-15-20(27)25-14-16-4-10-19(11-5-16)31(28,29)26-12-2-1-3-13-26/h4-11H,1-3,12-15H2,(H,25,27). The minimum absolute atomic E-state index is 0.149. The molecule has 0 aromatic heterocycles. The Morgan fingerprint density at radius 2 is 1.58 bits per heavy atom. The molecule has 2 aromatic rings. The van der Waals surface area contributed by atoms with E-state index >= 15 is 0 Å². The zero-order valence-electron chi connectivity index (χ0n) is 16.7. The fraction of sp³-hybridized carbons (Fsp3) is 0.381. The van der Waals surface area contributed by atoms with Gasteiger partial charge in [-0.2, -0.15) is 17.5 Å². The van der Waals surface area contributed by atoms with Gasteiger partial charge in [0.1, 0.15) is 5.75 Å². The number of hydrogen-bond acceptors (Lipinski definition) is 4. The molecule has 1 amide bonds. The van der Waals surface area contributed by atoms with Crippen LogP contribution in [0.3, 0.4) is 0 Å². The van der Waals surface area contributed by atoms with Gasteiger partial charge < -0.3 is 10.1 Å². The molecule has 0 aliphatic carbocycles. The summed E-state index contributed by atoms with van der Waals surface area (Å²) in [7, 11) is -3.51. The van der Waals surface area contributed by atoms with Crippen LogP contribution >= 0.6 is 0 Å². The van der Waals surface area contributed by atoms with E-state index in [-0.39, 0.29) is 23.8 Å². The SMILES string of the molecule is O=C(COc1ccc(C(F)(F)F)cc1)NCc1ccc(S(=O)(=O)N2CCCCC2)cc1. The molecule has 1 N–H and O–H groups in total. The molecular weight excluding hydrogens is 433 g/mol. The fourth-order valence-corrected chi connectivity index (χ4v) is 4.69. The van der Waals surface area contributed by atoms with Gasteiger partial charge in [-0.25, -0.2) is 8.42 Å². The molecule has 1 aliphatic heterocycles. The molecule has 1 aliphatic rings. The maximum Gasteiger partial charge on any atom is 0.416 e. The number of sulfonamides is 1. The Kier molecular flexibility index (Phi) is 7.22. The number of hydrogen-bond donors (Lipinski definition) is 1. The monoisotopic (exact) mass is 456 g/mol. The third-order valence-corrected chi connectivity index (χ3v) is 6.83. The molecule has 1 saturated heterocycles. The van der Waals surface area contributed by atoms with Crippen molar-refractivity contribution in [3.63, 3.8) is 0 Å². The summed E-state index contributed by atoms with van der Waals surface area (Å²) in [6, 6.07) is 10.4. The molecule has 1 heterocycles. The Balaban J connectivity index is 1.48. The first-order chi connectivity index (χ1) is 14.7. The van der Waals surface area contributed by atoms with Crippen molar-refractivity contribution >= 4 is 15.9 Å². The number of nitrogens with one attached hydrogen (secondary N) is 1. The van der Waals surface area contributed by atoms with Crippen LogP contribution in [0.2, 0.25) is 0 Å². The van der Waals surface area contributed by atoms with Crippen LogP contribution in [0.25, 0.3) is 0 Å². The number of carbonyl (C=O) groups is 1. The topological polar surface area (TPSA) is 75.7 Å². The Labute approximate surface area is 179 Å². The molecule has 1 fully saturated rings. The lowest BCUT2D eigenvalue weighted by Crippen LogP contribution is -2.35. The van der Waals surface area contributed by atoms with Gasteiger partial charge in [-0.1, -0.05) is 18.6 Å². The number of ether oxygens (including phenoxy) is 1. The fourth-order valence-electron chi connectivity index (χ4n) is 3.17. The summed E-state index contributed by atoms with van der Waals surface area (Å²) in [5.41, 5.74) is -0.0875. The number of benzene rings is 2. The number of alkyl halides is 3. The second-order valence-electron chi connectivity index (χ2n) is 7.20. The highest BCUT2D eigenvalue weighted by Crippen LogP contribution is 2.30. The smallest absolute Gasteiger partial charge is 0.416 e. The maximum atomic E-state index is 12.6. The molecule has 2 aromatic carbocycles. The molecule has 0 unspecified atom stereocenters. The Hall–Kier alpha value is -2.59. The summed E-state index contributed by atoms with van der Waals surface area (Å²) in [5, 5.41) is 2.62. The normalized spacial score (nSPS) is 15.5. The molecule has 168 valence electrons. The van der Waals surface area contributed by atoms with Gasteiger partial charge >= 0.3 is 6.18 Å². The van der Waals surface area contributed by atoms with Crippen LogP contribution in [-0.2, 0) is 27.5 Å². The highest BCUT2D eigenvalue weighted by Gasteiger charge is 2.30. The molecule has 6 nitrogen and oxygen atoms in total. The number of halogens is 3. The molecule has 0 bridgehead atoms. The van der Waals surface area contributed by atoms with Gasteiger partial charge in [-0.05, 0) is 54.8 Å². The highest BCUT2D eigenvalue weighted by molar-refractivity contribution is 7.89. The number of carbonyl (C=O) groups excluding carboxylic acids is 1. The van der Waals surface area contributed by atoms with Gasteiger partial charge in [0.25, 0.3) is 5.91 Å². The Morgan fingerprint density at radius 3 is 2.16 bits per heavy atom. The van der Waals surface area contributed by atoms with Crippen LogP contribution < -0.4 is 10.1 Å². The predicted molar refractivity (Wildman–Crippen MR) is 108 cm³/mol. The van der Waals surface area contributed by atoms with E-state index in [0.717, 1.165) is 43.5 Å². The quantitative estimate of drug-likeness (QED) is 0.691. The average molecular weight is 456 g/mol. The zero-order chi connectivity index (χ0) is 22.5. The second-order valence-corrected chi connectivity index (χ2v) is 9.13. The van der Waals surface area contributed by atoms with Crippen LogP contribution in [-0.4, -0.2) is 38.3 Å². The Morgan fingerprint density at radius 1 is 0.968 bits per heavy atom. The van der Waals surface area contributed by atoms with Crippen molar-refractivity contribution in [3.05, 3.63) is 59.7 Å². The van der Waals surface area contributed by atoms with Crippen LogP contribution in [0, 0.1) is 0 Å². The molecule has 3 rings (SSSR count). The van der Waals surface area contributed by atoms with Crippen LogP contribution in [0.4, 0.5) is 13.2 Å². The molecule has 31 heavy (non-hydrogen) atoms. The lowest BCUT2D eigenvalue weighted by atomic mass is 10.2. The number of amides is 1. The van der Waals surface area contributed by atoms with Crippen LogP contribution in [0.5, 0.6) is 5.75 Å². The van der Waals surface area contributed by atoms with Gasteiger partial charge in [0, 0.05) is 19.6 Å². The summed E-state index contributed by atoms with van der Waals surface area (Å²) in [6.07, 6.45) is -1.68. The molecule has 0 spiro atoms. The van der Waals surface area contributed by atoms with E-state index in [9.17, 15) is 26.4 Å². The van der Waals surface area contributed by atoms with Crippen molar-refractivity contribution in [2.24, 2.45) is 0 Å². The third-order valence-electron chi connectivity index (χ3n) is 4.92. The Bertz CT molecular complexity index is 985. The van der Waals surface area contributed by atoms with Crippen molar-refractivity contribution in [1.29, 1.82) is 0 Å². The summed E-state index contributed by atoms with van der Waals surface area (Å²) in [4.78, 5) is 12.1.